The summed E-state index contributed by atoms with van der Waals surface area (Å²) in [6.07, 6.45) is 5.68. The Hall–Kier alpha value is -2.93. The number of anilines is 1. The molecular formula is C18H17N5OS. The van der Waals surface area contributed by atoms with Gasteiger partial charge in [0.1, 0.15) is 9.71 Å². The van der Waals surface area contributed by atoms with E-state index < -0.39 is 0 Å². The largest absolute Gasteiger partial charge is 0.322 e. The van der Waals surface area contributed by atoms with Crippen LogP contribution in [0.25, 0.3) is 15.9 Å². The number of nitrogens with zero attached hydrogens (tertiary/aromatic N) is 4. The molecule has 25 heavy (non-hydrogen) atoms. The summed E-state index contributed by atoms with van der Waals surface area (Å²) in [6.45, 7) is 4.02. The van der Waals surface area contributed by atoms with Crippen LogP contribution in [0.1, 0.15) is 20.9 Å². The topological polar surface area (TPSA) is 64.7 Å². The number of rotatable bonds is 3. The van der Waals surface area contributed by atoms with Crippen molar-refractivity contribution in [2.45, 2.75) is 13.8 Å². The maximum atomic E-state index is 12.9. The molecule has 7 heteroatoms. The molecular weight excluding hydrogens is 334 g/mol. The molecule has 4 aromatic heterocycles. The van der Waals surface area contributed by atoms with Crippen LogP contribution in [0.4, 0.5) is 5.82 Å². The highest BCUT2D eigenvalue weighted by atomic mass is 32.1. The summed E-state index contributed by atoms with van der Waals surface area (Å²) in [4.78, 5) is 19.0. The third-order valence-electron chi connectivity index (χ3n) is 3.99. The van der Waals surface area contributed by atoms with E-state index >= 15 is 0 Å². The zero-order valence-corrected chi connectivity index (χ0v) is 15.0. The van der Waals surface area contributed by atoms with Gasteiger partial charge in [-0.2, -0.15) is 5.10 Å². The summed E-state index contributed by atoms with van der Waals surface area (Å²) in [5, 5.41) is 8.11. The van der Waals surface area contributed by atoms with Gasteiger partial charge in [0.15, 0.2) is 5.82 Å². The van der Waals surface area contributed by atoms with Crippen LogP contribution in [-0.2, 0) is 7.05 Å². The first-order valence-corrected chi connectivity index (χ1v) is 8.69. The third kappa shape index (κ3) is 2.72. The standard InChI is InChI=1S/C18H17N5OS/c1-11-10-12(2)19-18-14(11)15(23-7-4-5-8-23)16(25-18)17(24)20-13-6-9-22(3)21-13/h4-10H,1-3H3,(H,20,21,24). The third-order valence-corrected chi connectivity index (χ3v) is 5.06. The maximum absolute atomic E-state index is 12.9. The number of aromatic nitrogens is 4. The lowest BCUT2D eigenvalue weighted by Crippen LogP contribution is -2.13. The zero-order chi connectivity index (χ0) is 17.6. The summed E-state index contributed by atoms with van der Waals surface area (Å²) in [6, 6.07) is 7.71. The Bertz CT molecular complexity index is 1070. The fourth-order valence-corrected chi connectivity index (χ4v) is 4.15. The van der Waals surface area contributed by atoms with Gasteiger partial charge in [-0.15, -0.1) is 11.3 Å². The van der Waals surface area contributed by atoms with Crippen molar-refractivity contribution in [3.05, 3.63) is 59.0 Å². The van der Waals surface area contributed by atoms with Crippen LogP contribution in [0, 0.1) is 13.8 Å². The number of thiophene rings is 1. The second-order valence-corrected chi connectivity index (χ2v) is 6.96. The lowest BCUT2D eigenvalue weighted by molar-refractivity contribution is 0.103. The smallest absolute Gasteiger partial charge is 0.269 e. The molecule has 0 aliphatic rings. The molecule has 4 heterocycles. The fourth-order valence-electron chi connectivity index (χ4n) is 2.96. The maximum Gasteiger partial charge on any atom is 0.269 e. The van der Waals surface area contributed by atoms with Crippen molar-refractivity contribution in [2.24, 2.45) is 7.05 Å². The van der Waals surface area contributed by atoms with Crippen molar-refractivity contribution >= 4 is 33.3 Å². The summed E-state index contributed by atoms with van der Waals surface area (Å²) in [5.74, 6) is 0.353. The van der Waals surface area contributed by atoms with Crippen LogP contribution < -0.4 is 5.32 Å². The predicted octanol–water partition coefficient (Wildman–Crippen LogP) is 3.69. The average molecular weight is 351 g/mol. The lowest BCUT2D eigenvalue weighted by atomic mass is 10.1. The Labute approximate surface area is 148 Å². The van der Waals surface area contributed by atoms with E-state index in [0.717, 1.165) is 27.2 Å². The number of pyridine rings is 1. The molecule has 0 aromatic carbocycles. The SMILES string of the molecule is Cc1cc(C)c2c(-n3cccc3)c(C(=O)Nc3ccn(C)n3)sc2n1. The molecule has 0 aliphatic carbocycles. The van der Waals surface area contributed by atoms with Gasteiger partial charge in [0, 0.05) is 42.8 Å². The van der Waals surface area contributed by atoms with Crippen LogP contribution in [0.3, 0.4) is 0 Å². The van der Waals surface area contributed by atoms with Gasteiger partial charge in [0.05, 0.1) is 5.69 Å². The van der Waals surface area contributed by atoms with Gasteiger partial charge < -0.3 is 9.88 Å². The second kappa shape index (κ2) is 5.86. The Morgan fingerprint density at radius 1 is 1.20 bits per heavy atom. The number of amides is 1. The monoisotopic (exact) mass is 351 g/mol. The number of nitrogens with one attached hydrogen (secondary N) is 1. The molecule has 0 radical (unpaired) electrons. The Morgan fingerprint density at radius 3 is 2.64 bits per heavy atom. The molecule has 0 spiro atoms. The van der Waals surface area contributed by atoms with Gasteiger partial charge in [-0.25, -0.2) is 4.98 Å². The van der Waals surface area contributed by atoms with E-state index in [1.807, 2.05) is 49.1 Å². The average Bonchev–Trinajstić information content (AvgIpc) is 3.25. The molecule has 1 N–H and O–H groups in total. The summed E-state index contributed by atoms with van der Waals surface area (Å²) >= 11 is 1.41. The predicted molar refractivity (Wildman–Crippen MR) is 99.6 cm³/mol. The number of hydrogen-bond acceptors (Lipinski definition) is 4. The molecule has 0 fully saturated rings. The van der Waals surface area contributed by atoms with E-state index in [-0.39, 0.29) is 5.91 Å². The van der Waals surface area contributed by atoms with E-state index in [1.165, 1.54) is 11.3 Å². The van der Waals surface area contributed by atoms with Crippen molar-refractivity contribution < 1.29 is 4.79 Å². The normalized spacial score (nSPS) is 11.2. The summed E-state index contributed by atoms with van der Waals surface area (Å²) < 4.78 is 3.62. The molecule has 0 saturated carbocycles. The van der Waals surface area contributed by atoms with Gasteiger partial charge in [-0.3, -0.25) is 9.48 Å². The van der Waals surface area contributed by atoms with Crippen LogP contribution >= 0.6 is 11.3 Å². The first-order valence-electron chi connectivity index (χ1n) is 7.88. The van der Waals surface area contributed by atoms with E-state index in [4.69, 9.17) is 0 Å². The molecule has 4 aromatic rings. The minimum Gasteiger partial charge on any atom is -0.322 e. The van der Waals surface area contributed by atoms with Crippen molar-refractivity contribution in [1.29, 1.82) is 0 Å². The molecule has 0 saturated heterocycles. The summed E-state index contributed by atoms with van der Waals surface area (Å²) in [7, 11) is 1.82. The molecule has 1 amide bonds. The van der Waals surface area contributed by atoms with Crippen LogP contribution in [-0.4, -0.2) is 25.2 Å². The Morgan fingerprint density at radius 2 is 1.96 bits per heavy atom. The van der Waals surface area contributed by atoms with Crippen molar-refractivity contribution in [1.82, 2.24) is 19.3 Å². The number of fused-ring (bicyclic) bond motifs is 1. The number of hydrogen-bond donors (Lipinski definition) is 1. The fraction of sp³-hybridized carbons (Fsp3) is 0.167. The number of carbonyl (C=O) groups excluding carboxylic acids is 1. The van der Waals surface area contributed by atoms with Crippen LogP contribution in [0.2, 0.25) is 0 Å². The van der Waals surface area contributed by atoms with Gasteiger partial charge in [-0.1, -0.05) is 0 Å². The first kappa shape index (κ1) is 15.6. The number of aryl methyl sites for hydroxylation is 3. The molecule has 0 aliphatic heterocycles. The minimum absolute atomic E-state index is 0.178. The van der Waals surface area contributed by atoms with Crippen molar-refractivity contribution in [3.63, 3.8) is 0 Å². The highest BCUT2D eigenvalue weighted by Gasteiger charge is 2.22. The van der Waals surface area contributed by atoms with E-state index in [9.17, 15) is 4.79 Å². The molecule has 0 unspecified atom stereocenters. The first-order chi connectivity index (χ1) is 12.0. The quantitative estimate of drug-likeness (QED) is 0.612. The molecule has 4 rings (SSSR count). The van der Waals surface area contributed by atoms with E-state index in [0.29, 0.717) is 10.7 Å². The Balaban J connectivity index is 1.89. The molecule has 6 nitrogen and oxygen atoms in total. The second-order valence-electron chi connectivity index (χ2n) is 5.96. The summed E-state index contributed by atoms with van der Waals surface area (Å²) in [5.41, 5.74) is 2.92. The molecule has 0 atom stereocenters. The highest BCUT2D eigenvalue weighted by molar-refractivity contribution is 7.21. The van der Waals surface area contributed by atoms with E-state index in [1.54, 1.807) is 16.9 Å². The lowest BCUT2D eigenvalue weighted by Gasteiger charge is -2.07. The van der Waals surface area contributed by atoms with Gasteiger partial charge in [-0.05, 0) is 37.6 Å². The minimum atomic E-state index is -0.178. The molecule has 126 valence electrons. The van der Waals surface area contributed by atoms with Gasteiger partial charge in [0.2, 0.25) is 0 Å². The van der Waals surface area contributed by atoms with Crippen molar-refractivity contribution in [2.75, 3.05) is 5.32 Å². The van der Waals surface area contributed by atoms with Gasteiger partial charge in [0.25, 0.3) is 5.91 Å². The van der Waals surface area contributed by atoms with Crippen molar-refractivity contribution in [3.8, 4) is 5.69 Å². The van der Waals surface area contributed by atoms with Crippen LogP contribution in [0.15, 0.2) is 42.9 Å². The highest BCUT2D eigenvalue weighted by Crippen LogP contribution is 2.36. The van der Waals surface area contributed by atoms with E-state index in [2.05, 4.69) is 22.3 Å². The Kier molecular flexibility index (Phi) is 3.65. The van der Waals surface area contributed by atoms with Gasteiger partial charge >= 0.3 is 0 Å². The zero-order valence-electron chi connectivity index (χ0n) is 14.1. The number of carbonyl (C=O) groups is 1. The molecule has 0 bridgehead atoms. The van der Waals surface area contributed by atoms with Crippen LogP contribution in [0.5, 0.6) is 0 Å².